The molecule has 0 unspecified atom stereocenters. The molecule has 1 aromatic heterocycles. The average molecular weight is 413 g/mol. The van der Waals surface area contributed by atoms with E-state index in [0.29, 0.717) is 17.3 Å². The maximum absolute atomic E-state index is 11.8. The number of aryl methyl sites for hydroxylation is 1. The highest BCUT2D eigenvalue weighted by atomic mass is 16.5. The highest BCUT2D eigenvalue weighted by Gasteiger charge is 2.17. The summed E-state index contributed by atoms with van der Waals surface area (Å²) in [6, 6.07) is 24.8. The van der Waals surface area contributed by atoms with Crippen molar-refractivity contribution in [3.8, 4) is 22.7 Å². The van der Waals surface area contributed by atoms with E-state index in [1.807, 2.05) is 59.3 Å². The van der Waals surface area contributed by atoms with Gasteiger partial charge >= 0.3 is 5.97 Å². The van der Waals surface area contributed by atoms with Crippen LogP contribution < -0.4 is 10.1 Å². The standard InChI is InChI=1S/C25H23N3O3/c1-3-17-9-7-8-12-23(17)28-24(16-22(27-28)18-10-5-4-6-11-18)26-21-14-13-19(31-2)15-20(21)25(29)30/h4-16,26H,3H2,1-2H3,(H,29,30). The molecule has 3 aromatic carbocycles. The van der Waals surface area contributed by atoms with Gasteiger partial charge in [0.2, 0.25) is 0 Å². The van der Waals surface area contributed by atoms with Gasteiger partial charge in [-0.3, -0.25) is 0 Å². The number of carboxylic acids is 1. The summed E-state index contributed by atoms with van der Waals surface area (Å²) in [5.41, 5.74) is 4.44. The Bertz CT molecular complexity index is 1220. The van der Waals surface area contributed by atoms with Crippen LogP contribution in [0.1, 0.15) is 22.8 Å². The molecule has 156 valence electrons. The minimum absolute atomic E-state index is 0.122. The van der Waals surface area contributed by atoms with E-state index >= 15 is 0 Å². The molecule has 2 N–H and O–H groups in total. The van der Waals surface area contributed by atoms with Crippen LogP contribution in [0.3, 0.4) is 0 Å². The van der Waals surface area contributed by atoms with Crippen molar-refractivity contribution in [2.24, 2.45) is 0 Å². The topological polar surface area (TPSA) is 76.4 Å². The van der Waals surface area contributed by atoms with Gasteiger partial charge < -0.3 is 15.2 Å². The second-order valence-electron chi connectivity index (χ2n) is 7.02. The normalized spacial score (nSPS) is 10.6. The summed E-state index contributed by atoms with van der Waals surface area (Å²) in [7, 11) is 1.51. The fourth-order valence-corrected chi connectivity index (χ4v) is 3.49. The van der Waals surface area contributed by atoms with Crippen LogP contribution in [0.2, 0.25) is 0 Å². The molecule has 4 rings (SSSR count). The number of carbonyl (C=O) groups is 1. The Morgan fingerprint density at radius 1 is 1.03 bits per heavy atom. The number of hydrogen-bond donors (Lipinski definition) is 2. The lowest BCUT2D eigenvalue weighted by Gasteiger charge is -2.14. The third-order valence-electron chi connectivity index (χ3n) is 5.10. The molecule has 0 amide bonds. The molecule has 1 heterocycles. The smallest absolute Gasteiger partial charge is 0.337 e. The van der Waals surface area contributed by atoms with Gasteiger partial charge in [-0.25, -0.2) is 9.48 Å². The van der Waals surface area contributed by atoms with Gasteiger partial charge in [-0.1, -0.05) is 55.5 Å². The van der Waals surface area contributed by atoms with Gasteiger partial charge in [0, 0.05) is 11.6 Å². The van der Waals surface area contributed by atoms with Crippen LogP contribution in [0, 0.1) is 0 Å². The molecule has 0 spiro atoms. The summed E-state index contributed by atoms with van der Waals surface area (Å²) < 4.78 is 7.02. The third-order valence-corrected chi connectivity index (χ3v) is 5.10. The zero-order valence-electron chi connectivity index (χ0n) is 17.4. The van der Waals surface area contributed by atoms with E-state index in [-0.39, 0.29) is 5.56 Å². The molecule has 0 saturated carbocycles. The van der Waals surface area contributed by atoms with Gasteiger partial charge in [-0.15, -0.1) is 0 Å². The molecule has 0 radical (unpaired) electrons. The summed E-state index contributed by atoms with van der Waals surface area (Å²) >= 11 is 0. The Morgan fingerprint density at radius 2 is 1.77 bits per heavy atom. The fraction of sp³-hybridized carbons (Fsp3) is 0.120. The number of para-hydroxylation sites is 1. The number of carboxylic acid groups (broad SMARTS) is 1. The van der Waals surface area contributed by atoms with Crippen LogP contribution in [-0.4, -0.2) is 28.0 Å². The first-order valence-electron chi connectivity index (χ1n) is 10.0. The lowest BCUT2D eigenvalue weighted by molar-refractivity contribution is 0.0697. The van der Waals surface area contributed by atoms with Crippen molar-refractivity contribution in [1.29, 1.82) is 0 Å². The van der Waals surface area contributed by atoms with Crippen molar-refractivity contribution in [2.45, 2.75) is 13.3 Å². The molecule has 0 aliphatic rings. The lowest BCUT2D eigenvalue weighted by Crippen LogP contribution is -2.08. The van der Waals surface area contributed by atoms with Crippen molar-refractivity contribution in [3.05, 3.63) is 90.0 Å². The molecule has 0 aliphatic carbocycles. The second-order valence-corrected chi connectivity index (χ2v) is 7.02. The molecule has 6 heteroatoms. The van der Waals surface area contributed by atoms with Crippen LogP contribution in [0.15, 0.2) is 78.9 Å². The number of ether oxygens (including phenoxy) is 1. The molecule has 0 bridgehead atoms. The highest BCUT2D eigenvalue weighted by molar-refractivity contribution is 5.95. The number of benzene rings is 3. The fourth-order valence-electron chi connectivity index (χ4n) is 3.49. The SMILES string of the molecule is CCc1ccccc1-n1nc(-c2ccccc2)cc1Nc1ccc(OC)cc1C(=O)O. The van der Waals surface area contributed by atoms with Gasteiger partial charge in [0.1, 0.15) is 11.6 Å². The molecule has 4 aromatic rings. The van der Waals surface area contributed by atoms with Crippen molar-refractivity contribution in [2.75, 3.05) is 12.4 Å². The van der Waals surface area contributed by atoms with Gasteiger partial charge in [-0.05, 0) is 36.2 Å². The Balaban J connectivity index is 1.85. The van der Waals surface area contributed by atoms with Crippen LogP contribution in [0.4, 0.5) is 11.5 Å². The minimum atomic E-state index is -1.04. The van der Waals surface area contributed by atoms with Crippen molar-refractivity contribution >= 4 is 17.5 Å². The van der Waals surface area contributed by atoms with Crippen LogP contribution in [-0.2, 0) is 6.42 Å². The number of nitrogens with one attached hydrogen (secondary N) is 1. The minimum Gasteiger partial charge on any atom is -0.497 e. The largest absolute Gasteiger partial charge is 0.497 e. The van der Waals surface area contributed by atoms with Crippen LogP contribution >= 0.6 is 0 Å². The van der Waals surface area contributed by atoms with Gasteiger partial charge in [0.15, 0.2) is 0 Å². The van der Waals surface area contributed by atoms with E-state index in [4.69, 9.17) is 9.84 Å². The summed E-state index contributed by atoms with van der Waals surface area (Å²) in [4.78, 5) is 11.8. The summed E-state index contributed by atoms with van der Waals surface area (Å²) in [6.45, 7) is 2.10. The highest BCUT2D eigenvalue weighted by Crippen LogP contribution is 2.31. The van der Waals surface area contributed by atoms with E-state index in [1.54, 1.807) is 12.1 Å². The average Bonchev–Trinajstić information content (AvgIpc) is 3.23. The third kappa shape index (κ3) is 4.14. The van der Waals surface area contributed by atoms with Crippen LogP contribution in [0.5, 0.6) is 5.75 Å². The van der Waals surface area contributed by atoms with E-state index in [9.17, 15) is 9.90 Å². The first-order valence-corrected chi connectivity index (χ1v) is 10.0. The first kappa shape index (κ1) is 20.2. The van der Waals surface area contributed by atoms with Gasteiger partial charge in [0.25, 0.3) is 0 Å². The second kappa shape index (κ2) is 8.75. The molecular weight excluding hydrogens is 390 g/mol. The maximum Gasteiger partial charge on any atom is 0.337 e. The van der Waals surface area contributed by atoms with E-state index in [1.165, 1.54) is 13.2 Å². The van der Waals surface area contributed by atoms with Crippen molar-refractivity contribution in [1.82, 2.24) is 9.78 Å². The van der Waals surface area contributed by atoms with E-state index < -0.39 is 5.97 Å². The number of aromatic nitrogens is 2. The molecule has 0 aliphatic heterocycles. The summed E-state index contributed by atoms with van der Waals surface area (Å²) in [6.07, 6.45) is 0.846. The molecule has 0 saturated heterocycles. The maximum atomic E-state index is 11.8. The monoisotopic (exact) mass is 413 g/mol. The first-order chi connectivity index (χ1) is 15.1. The number of rotatable bonds is 7. The Hall–Kier alpha value is -4.06. The number of aromatic carboxylic acids is 1. The van der Waals surface area contributed by atoms with Gasteiger partial charge in [-0.2, -0.15) is 5.10 Å². The quantitative estimate of drug-likeness (QED) is 0.415. The Labute approximate surface area is 180 Å². The molecule has 0 fully saturated rings. The summed E-state index contributed by atoms with van der Waals surface area (Å²) in [5.74, 6) is 0.120. The predicted octanol–water partition coefficient (Wildman–Crippen LogP) is 5.55. The zero-order chi connectivity index (χ0) is 21.8. The number of nitrogens with zero attached hydrogens (tertiary/aromatic N) is 2. The number of hydrogen-bond acceptors (Lipinski definition) is 4. The molecule has 0 atom stereocenters. The van der Waals surface area contributed by atoms with Crippen molar-refractivity contribution in [3.63, 3.8) is 0 Å². The Kier molecular flexibility index (Phi) is 5.71. The lowest BCUT2D eigenvalue weighted by atomic mass is 10.1. The number of methoxy groups -OCH3 is 1. The predicted molar refractivity (Wildman–Crippen MR) is 122 cm³/mol. The zero-order valence-corrected chi connectivity index (χ0v) is 17.4. The van der Waals surface area contributed by atoms with Crippen molar-refractivity contribution < 1.29 is 14.6 Å². The van der Waals surface area contributed by atoms with E-state index in [0.717, 1.165) is 28.9 Å². The van der Waals surface area contributed by atoms with E-state index in [2.05, 4.69) is 18.3 Å². The number of anilines is 2. The van der Waals surface area contributed by atoms with Gasteiger partial charge in [0.05, 0.1) is 29.7 Å². The van der Waals surface area contributed by atoms with Crippen LogP contribution in [0.25, 0.3) is 16.9 Å². The summed E-state index contributed by atoms with van der Waals surface area (Å²) in [5, 5.41) is 17.8. The molecule has 31 heavy (non-hydrogen) atoms. The Morgan fingerprint density at radius 3 is 2.48 bits per heavy atom. The molecular formula is C25H23N3O3. The molecule has 6 nitrogen and oxygen atoms in total.